The number of carbonyl (C=O) groups is 1. The topological polar surface area (TPSA) is 70.8 Å². The number of nitrogens with two attached hydrogens (primary N) is 1. The second-order valence-corrected chi connectivity index (χ2v) is 4.14. The van der Waals surface area contributed by atoms with E-state index in [1.807, 2.05) is 0 Å². The standard InChI is InChI=1S/C15H14FNO4/c1-19-9-3-5-10(6-4-9)21-14-7-11(15(18)20-2)13(17)8-12(14)16/h3-8H,17H2,1-2H3. The van der Waals surface area contributed by atoms with Crippen molar-refractivity contribution in [2.75, 3.05) is 20.0 Å². The highest BCUT2D eigenvalue weighted by Crippen LogP contribution is 2.29. The zero-order chi connectivity index (χ0) is 15.4. The smallest absolute Gasteiger partial charge is 0.340 e. The summed E-state index contributed by atoms with van der Waals surface area (Å²) in [5.41, 5.74) is 5.62. The largest absolute Gasteiger partial charge is 0.497 e. The molecule has 2 N–H and O–H groups in total. The lowest BCUT2D eigenvalue weighted by atomic mass is 10.1. The SMILES string of the molecule is COC(=O)c1cc(Oc2ccc(OC)cc2)c(F)cc1N. The Morgan fingerprint density at radius 1 is 1.10 bits per heavy atom. The third kappa shape index (κ3) is 3.22. The Balaban J connectivity index is 2.32. The Bertz CT molecular complexity index is 655. The molecule has 2 rings (SSSR count). The van der Waals surface area contributed by atoms with Crippen LogP contribution in [0.2, 0.25) is 0 Å². The number of nitrogen functional groups attached to an aromatic ring is 1. The van der Waals surface area contributed by atoms with Gasteiger partial charge in [0.2, 0.25) is 0 Å². The second-order valence-electron chi connectivity index (χ2n) is 4.14. The van der Waals surface area contributed by atoms with E-state index in [0.717, 1.165) is 6.07 Å². The summed E-state index contributed by atoms with van der Waals surface area (Å²) >= 11 is 0. The first-order valence-electron chi connectivity index (χ1n) is 6.04. The van der Waals surface area contributed by atoms with Gasteiger partial charge in [-0.05, 0) is 24.3 Å². The van der Waals surface area contributed by atoms with Crippen LogP contribution in [0.15, 0.2) is 36.4 Å². The molecular weight excluding hydrogens is 277 g/mol. The number of esters is 1. The van der Waals surface area contributed by atoms with E-state index in [1.165, 1.54) is 20.3 Å². The zero-order valence-electron chi connectivity index (χ0n) is 11.6. The lowest BCUT2D eigenvalue weighted by Gasteiger charge is -2.10. The molecule has 0 bridgehead atoms. The van der Waals surface area contributed by atoms with E-state index in [4.69, 9.17) is 15.2 Å². The highest BCUT2D eigenvalue weighted by Gasteiger charge is 2.16. The number of methoxy groups -OCH3 is 2. The minimum absolute atomic E-state index is 0.0126. The Morgan fingerprint density at radius 3 is 2.29 bits per heavy atom. The van der Waals surface area contributed by atoms with Crippen LogP contribution in [-0.2, 0) is 4.74 Å². The number of hydrogen-bond acceptors (Lipinski definition) is 5. The first-order valence-corrected chi connectivity index (χ1v) is 6.04. The van der Waals surface area contributed by atoms with Crippen molar-refractivity contribution in [2.45, 2.75) is 0 Å². The van der Waals surface area contributed by atoms with Crippen molar-refractivity contribution in [3.05, 3.63) is 47.8 Å². The minimum atomic E-state index is -0.670. The van der Waals surface area contributed by atoms with Crippen LogP contribution in [0.25, 0.3) is 0 Å². The van der Waals surface area contributed by atoms with E-state index in [1.54, 1.807) is 24.3 Å². The third-order valence-electron chi connectivity index (χ3n) is 2.80. The molecule has 0 aliphatic heterocycles. The number of carbonyl (C=O) groups excluding carboxylic acids is 1. The molecule has 0 aliphatic carbocycles. The van der Waals surface area contributed by atoms with Crippen LogP contribution in [0.1, 0.15) is 10.4 Å². The summed E-state index contributed by atoms with van der Waals surface area (Å²) in [5, 5.41) is 0. The van der Waals surface area contributed by atoms with Gasteiger partial charge in [0, 0.05) is 17.8 Å². The quantitative estimate of drug-likeness (QED) is 0.692. The number of rotatable bonds is 4. The van der Waals surface area contributed by atoms with Crippen LogP contribution in [0.5, 0.6) is 17.2 Å². The molecule has 0 fully saturated rings. The molecule has 0 saturated carbocycles. The summed E-state index contributed by atoms with van der Waals surface area (Å²) in [7, 11) is 2.76. The molecule has 2 aromatic carbocycles. The lowest BCUT2D eigenvalue weighted by Crippen LogP contribution is -2.06. The normalized spacial score (nSPS) is 10.0. The molecule has 0 atom stereocenters. The molecule has 0 heterocycles. The first kappa shape index (κ1) is 14.6. The number of anilines is 1. The van der Waals surface area contributed by atoms with E-state index in [0.29, 0.717) is 11.5 Å². The Hall–Kier alpha value is -2.76. The molecule has 0 amide bonds. The molecule has 0 unspecified atom stereocenters. The molecular formula is C15H14FNO4. The fourth-order valence-corrected chi connectivity index (χ4v) is 1.70. The molecule has 21 heavy (non-hydrogen) atoms. The maximum atomic E-state index is 13.8. The monoisotopic (exact) mass is 291 g/mol. The van der Waals surface area contributed by atoms with E-state index < -0.39 is 11.8 Å². The van der Waals surface area contributed by atoms with Crippen molar-refractivity contribution in [3.8, 4) is 17.2 Å². The van der Waals surface area contributed by atoms with Gasteiger partial charge < -0.3 is 19.9 Å². The van der Waals surface area contributed by atoms with Gasteiger partial charge >= 0.3 is 5.97 Å². The fourth-order valence-electron chi connectivity index (χ4n) is 1.70. The van der Waals surface area contributed by atoms with Gasteiger partial charge in [-0.3, -0.25) is 0 Å². The summed E-state index contributed by atoms with van der Waals surface area (Å²) in [5.74, 6) is -0.400. The van der Waals surface area contributed by atoms with Gasteiger partial charge in [0.15, 0.2) is 11.6 Å². The van der Waals surface area contributed by atoms with Crippen molar-refractivity contribution < 1.29 is 23.4 Å². The van der Waals surface area contributed by atoms with E-state index in [9.17, 15) is 9.18 Å². The van der Waals surface area contributed by atoms with Crippen LogP contribution in [0, 0.1) is 5.82 Å². The van der Waals surface area contributed by atoms with Gasteiger partial charge in [0.1, 0.15) is 11.5 Å². The molecule has 5 nitrogen and oxygen atoms in total. The summed E-state index contributed by atoms with van der Waals surface area (Å²) in [6, 6.07) is 8.81. The van der Waals surface area contributed by atoms with E-state index in [-0.39, 0.29) is 17.0 Å². The van der Waals surface area contributed by atoms with Crippen LogP contribution in [-0.4, -0.2) is 20.2 Å². The summed E-state index contributed by atoms with van der Waals surface area (Å²) in [6.07, 6.45) is 0. The van der Waals surface area contributed by atoms with E-state index in [2.05, 4.69) is 4.74 Å². The average molecular weight is 291 g/mol. The summed E-state index contributed by atoms with van der Waals surface area (Å²) in [6.45, 7) is 0. The van der Waals surface area contributed by atoms with Crippen LogP contribution < -0.4 is 15.2 Å². The minimum Gasteiger partial charge on any atom is -0.497 e. The molecule has 0 saturated heterocycles. The van der Waals surface area contributed by atoms with Crippen molar-refractivity contribution in [1.29, 1.82) is 0 Å². The van der Waals surface area contributed by atoms with Crippen molar-refractivity contribution in [3.63, 3.8) is 0 Å². The maximum Gasteiger partial charge on any atom is 0.340 e. The lowest BCUT2D eigenvalue weighted by molar-refractivity contribution is 0.0601. The fraction of sp³-hybridized carbons (Fsp3) is 0.133. The van der Waals surface area contributed by atoms with Gasteiger partial charge in [-0.25, -0.2) is 9.18 Å². The highest BCUT2D eigenvalue weighted by molar-refractivity contribution is 5.95. The van der Waals surface area contributed by atoms with Crippen LogP contribution >= 0.6 is 0 Å². The molecule has 0 aliphatic rings. The average Bonchev–Trinajstić information content (AvgIpc) is 2.50. The first-order chi connectivity index (χ1) is 10.0. The van der Waals surface area contributed by atoms with Crippen molar-refractivity contribution in [1.82, 2.24) is 0 Å². The van der Waals surface area contributed by atoms with Crippen LogP contribution in [0.4, 0.5) is 10.1 Å². The zero-order valence-corrected chi connectivity index (χ0v) is 11.6. The number of halogens is 1. The molecule has 2 aromatic rings. The Morgan fingerprint density at radius 2 is 1.71 bits per heavy atom. The summed E-state index contributed by atoms with van der Waals surface area (Å²) < 4.78 is 28.8. The predicted molar refractivity (Wildman–Crippen MR) is 75.2 cm³/mol. The maximum absolute atomic E-state index is 13.8. The van der Waals surface area contributed by atoms with Gasteiger partial charge in [-0.2, -0.15) is 0 Å². The number of benzene rings is 2. The third-order valence-corrected chi connectivity index (χ3v) is 2.80. The van der Waals surface area contributed by atoms with Gasteiger partial charge in [-0.15, -0.1) is 0 Å². The molecule has 0 spiro atoms. The number of ether oxygens (including phenoxy) is 3. The van der Waals surface area contributed by atoms with Crippen molar-refractivity contribution in [2.24, 2.45) is 0 Å². The predicted octanol–water partition coefficient (Wildman–Crippen LogP) is 3.00. The molecule has 6 heteroatoms. The van der Waals surface area contributed by atoms with Gasteiger partial charge in [0.05, 0.1) is 19.8 Å². The van der Waals surface area contributed by atoms with Gasteiger partial charge in [-0.1, -0.05) is 0 Å². The highest BCUT2D eigenvalue weighted by atomic mass is 19.1. The molecule has 0 radical (unpaired) electrons. The summed E-state index contributed by atoms with van der Waals surface area (Å²) in [4.78, 5) is 11.5. The molecule has 110 valence electrons. The van der Waals surface area contributed by atoms with E-state index >= 15 is 0 Å². The Labute approximate surface area is 121 Å². The molecule has 0 aromatic heterocycles. The second kappa shape index (κ2) is 6.13. The van der Waals surface area contributed by atoms with Crippen molar-refractivity contribution >= 4 is 11.7 Å². The van der Waals surface area contributed by atoms with Crippen LogP contribution in [0.3, 0.4) is 0 Å². The number of hydrogen-bond donors (Lipinski definition) is 1. The Kier molecular flexibility index (Phi) is 4.27. The van der Waals surface area contributed by atoms with Gasteiger partial charge in [0.25, 0.3) is 0 Å².